The third kappa shape index (κ3) is 3.46. The van der Waals surface area contributed by atoms with Crippen molar-refractivity contribution in [2.45, 2.75) is 62.5 Å². The van der Waals surface area contributed by atoms with Gasteiger partial charge in [-0.1, -0.05) is 6.92 Å². The van der Waals surface area contributed by atoms with Gasteiger partial charge in [0.15, 0.2) is 6.29 Å². The van der Waals surface area contributed by atoms with Crippen LogP contribution in [0.5, 0.6) is 11.5 Å². The highest BCUT2D eigenvalue weighted by molar-refractivity contribution is 5.48. The summed E-state index contributed by atoms with van der Waals surface area (Å²) in [6.07, 6.45) is -6.05. The van der Waals surface area contributed by atoms with Gasteiger partial charge in [-0.3, -0.25) is 0 Å². The number of phenolic OH excluding ortho intramolecular Hbond substituents is 2. The lowest BCUT2D eigenvalue weighted by Gasteiger charge is -2.42. The van der Waals surface area contributed by atoms with Crippen molar-refractivity contribution in [1.29, 1.82) is 0 Å². The van der Waals surface area contributed by atoms with Crippen molar-refractivity contribution >= 4 is 0 Å². The molecule has 1 aromatic rings. The summed E-state index contributed by atoms with van der Waals surface area (Å²) >= 11 is 0. The zero-order valence-electron chi connectivity index (χ0n) is 13.8. The Hall–Kier alpha value is -1.42. The maximum atomic E-state index is 10.1. The summed E-state index contributed by atoms with van der Waals surface area (Å²) in [7, 11) is 0. The summed E-state index contributed by atoms with van der Waals surface area (Å²) < 4.78 is 11.2. The summed E-state index contributed by atoms with van der Waals surface area (Å²) in [5, 5.41) is 58.7. The quantitative estimate of drug-likeness (QED) is 0.419. The van der Waals surface area contributed by atoms with E-state index in [2.05, 4.69) is 0 Å². The maximum absolute atomic E-state index is 10.1. The van der Waals surface area contributed by atoms with Gasteiger partial charge in [0.2, 0.25) is 0 Å². The molecule has 1 aliphatic heterocycles. The highest BCUT2D eigenvalue weighted by atomic mass is 16.7. The Morgan fingerprint density at radius 2 is 1.84 bits per heavy atom. The zero-order valence-corrected chi connectivity index (χ0v) is 13.8. The first kappa shape index (κ1) is 18.4. The average molecular weight is 356 g/mol. The van der Waals surface area contributed by atoms with Gasteiger partial charge in [-0.05, 0) is 30.4 Å². The van der Waals surface area contributed by atoms with E-state index in [0.29, 0.717) is 12.8 Å². The molecular weight excluding hydrogens is 332 g/mol. The summed E-state index contributed by atoms with van der Waals surface area (Å²) in [5.41, 5.74) is 1.50. The van der Waals surface area contributed by atoms with Crippen LogP contribution < -0.4 is 0 Å². The number of aromatic hydroxyl groups is 2. The number of rotatable bonds is 3. The normalized spacial score (nSPS) is 38.4. The topological polar surface area (TPSA) is 140 Å². The number of fused-ring (bicyclic) bond motifs is 1. The van der Waals surface area contributed by atoms with Crippen LogP contribution in [-0.4, -0.2) is 74.1 Å². The minimum absolute atomic E-state index is 0.0359. The fraction of sp³-hybridized carbons (Fsp3) is 0.647. The van der Waals surface area contributed by atoms with Crippen LogP contribution in [0.1, 0.15) is 30.4 Å². The molecule has 3 rings (SSSR count). The summed E-state index contributed by atoms with van der Waals surface area (Å²) in [4.78, 5) is 0. The van der Waals surface area contributed by atoms with Gasteiger partial charge in [-0.25, -0.2) is 0 Å². The molecule has 25 heavy (non-hydrogen) atoms. The number of hydrogen-bond donors (Lipinski definition) is 6. The van der Waals surface area contributed by atoms with Crippen LogP contribution in [0.3, 0.4) is 0 Å². The third-order valence-corrected chi connectivity index (χ3v) is 4.96. The highest BCUT2D eigenvalue weighted by Gasteiger charge is 2.45. The molecule has 0 unspecified atom stereocenters. The predicted molar refractivity (Wildman–Crippen MR) is 85.1 cm³/mol. The molecule has 140 valence electrons. The van der Waals surface area contributed by atoms with E-state index in [1.54, 1.807) is 6.07 Å². The van der Waals surface area contributed by atoms with E-state index in [4.69, 9.17) is 9.47 Å². The van der Waals surface area contributed by atoms with Crippen LogP contribution >= 0.6 is 0 Å². The Balaban J connectivity index is 1.75. The van der Waals surface area contributed by atoms with Crippen LogP contribution in [0, 0.1) is 0 Å². The van der Waals surface area contributed by atoms with Gasteiger partial charge in [-0.15, -0.1) is 0 Å². The molecule has 8 heteroatoms. The fourth-order valence-corrected chi connectivity index (χ4v) is 3.73. The molecular formula is C17H24O8. The molecule has 0 amide bonds. The van der Waals surface area contributed by atoms with Crippen LogP contribution in [0.25, 0.3) is 0 Å². The van der Waals surface area contributed by atoms with Gasteiger partial charge in [-0.2, -0.15) is 0 Å². The number of benzene rings is 1. The molecule has 1 fully saturated rings. The molecule has 7 atom stereocenters. The zero-order chi connectivity index (χ0) is 18.3. The maximum Gasteiger partial charge on any atom is 0.186 e. The second kappa shape index (κ2) is 7.06. The van der Waals surface area contributed by atoms with Gasteiger partial charge in [0.05, 0.1) is 12.7 Å². The Bertz CT molecular complexity index is 619. The van der Waals surface area contributed by atoms with Gasteiger partial charge in [0.25, 0.3) is 0 Å². The van der Waals surface area contributed by atoms with Crippen LogP contribution in [-0.2, 0) is 15.9 Å². The van der Waals surface area contributed by atoms with Crippen LogP contribution in [0.15, 0.2) is 12.1 Å². The molecule has 1 aromatic carbocycles. The summed E-state index contributed by atoms with van der Waals surface area (Å²) in [6.45, 7) is 1.40. The molecule has 0 radical (unpaired) electrons. The first-order valence-corrected chi connectivity index (χ1v) is 8.32. The van der Waals surface area contributed by atoms with Gasteiger partial charge < -0.3 is 40.1 Å². The second-order valence-corrected chi connectivity index (χ2v) is 6.83. The third-order valence-electron chi connectivity index (χ3n) is 4.96. The summed E-state index contributed by atoms with van der Waals surface area (Å²) in [5.74, 6) is -0.0510. The van der Waals surface area contributed by atoms with Crippen LogP contribution in [0.4, 0.5) is 0 Å². The largest absolute Gasteiger partial charge is 0.508 e. The molecule has 0 saturated carbocycles. The number of aliphatic hydroxyl groups excluding tert-OH is 4. The van der Waals surface area contributed by atoms with Gasteiger partial charge in [0, 0.05) is 11.6 Å². The SMILES string of the molecule is C[C@H]1C[C@@H](O[C@H]2O[C@@H](CO)[C@H](O)[C@@H](O)[C@@H]2O)Cc2cc(O)cc(O)c21. The smallest absolute Gasteiger partial charge is 0.186 e. The minimum atomic E-state index is -1.49. The van der Waals surface area contributed by atoms with Crippen molar-refractivity contribution < 1.29 is 40.1 Å². The average Bonchev–Trinajstić information content (AvgIpc) is 2.54. The standard InChI is InChI=1S/C17H24O8/c1-7-2-10(4-8-3-9(19)5-11(20)13(7)8)24-17-16(23)15(22)14(21)12(6-18)25-17/h3,5,7,10,12,14-23H,2,4,6H2,1H3/t7-,10+,12-,14-,15+,16-,17-/m0/s1. The highest BCUT2D eigenvalue weighted by Crippen LogP contribution is 2.41. The fourth-order valence-electron chi connectivity index (χ4n) is 3.73. The number of phenols is 2. The van der Waals surface area contributed by atoms with E-state index < -0.39 is 37.3 Å². The molecule has 6 N–H and O–H groups in total. The van der Waals surface area contributed by atoms with Crippen molar-refractivity contribution in [2.24, 2.45) is 0 Å². The monoisotopic (exact) mass is 356 g/mol. The van der Waals surface area contributed by atoms with E-state index in [1.165, 1.54) is 6.07 Å². The molecule has 8 nitrogen and oxygen atoms in total. The molecule has 0 bridgehead atoms. The first-order valence-electron chi connectivity index (χ1n) is 8.32. The van der Waals surface area contributed by atoms with Gasteiger partial charge >= 0.3 is 0 Å². The molecule has 2 aliphatic rings. The predicted octanol–water partition coefficient (Wildman–Crippen LogP) is -0.667. The summed E-state index contributed by atoms with van der Waals surface area (Å²) in [6, 6.07) is 2.86. The molecule has 0 aromatic heterocycles. The molecule has 1 saturated heterocycles. The molecule has 1 aliphatic carbocycles. The van der Waals surface area contributed by atoms with E-state index in [0.717, 1.165) is 11.1 Å². The van der Waals surface area contributed by atoms with Crippen molar-refractivity contribution in [3.8, 4) is 11.5 Å². The Morgan fingerprint density at radius 3 is 2.52 bits per heavy atom. The lowest BCUT2D eigenvalue weighted by Crippen LogP contribution is -2.59. The first-order chi connectivity index (χ1) is 11.8. The van der Waals surface area contributed by atoms with Gasteiger partial charge in [0.1, 0.15) is 35.9 Å². The lowest BCUT2D eigenvalue weighted by molar-refractivity contribution is -0.312. The van der Waals surface area contributed by atoms with Crippen molar-refractivity contribution in [2.75, 3.05) is 6.61 Å². The van der Waals surface area contributed by atoms with E-state index >= 15 is 0 Å². The molecule has 0 spiro atoms. The van der Waals surface area contributed by atoms with E-state index in [1.807, 2.05) is 6.92 Å². The Kier molecular flexibility index (Phi) is 5.19. The minimum Gasteiger partial charge on any atom is -0.508 e. The Morgan fingerprint density at radius 1 is 1.12 bits per heavy atom. The lowest BCUT2D eigenvalue weighted by atomic mass is 9.81. The van der Waals surface area contributed by atoms with Crippen LogP contribution in [0.2, 0.25) is 0 Å². The van der Waals surface area contributed by atoms with E-state index in [9.17, 15) is 30.6 Å². The number of hydrogen-bond acceptors (Lipinski definition) is 8. The number of ether oxygens (including phenoxy) is 2. The second-order valence-electron chi connectivity index (χ2n) is 6.83. The Labute approximate surface area is 144 Å². The number of aliphatic hydroxyl groups is 4. The van der Waals surface area contributed by atoms with Crippen molar-refractivity contribution in [3.63, 3.8) is 0 Å². The van der Waals surface area contributed by atoms with Crippen molar-refractivity contribution in [1.82, 2.24) is 0 Å². The van der Waals surface area contributed by atoms with Crippen molar-refractivity contribution in [3.05, 3.63) is 23.3 Å². The van der Waals surface area contributed by atoms with E-state index in [-0.39, 0.29) is 23.5 Å². The molecule has 1 heterocycles.